The van der Waals surface area contributed by atoms with Crippen LogP contribution in [-0.4, -0.2) is 25.5 Å². The molecule has 7 nitrogen and oxygen atoms in total. The van der Waals surface area contributed by atoms with Crippen LogP contribution in [0.5, 0.6) is 0 Å². The fraction of sp³-hybridized carbons (Fsp3) is 0. The molecular formula is C22H15N5O2. The standard InChI is InChI=1S/C22H15N5O2/c28-20-17-12-23-19-10-11-25-27(19)21(17)24-13-18(20)22(29)26-16-8-6-15(7-9-16)14-4-2-1-3-5-14/h1-13H,(H,24,28)(H,26,29). The zero-order chi connectivity index (χ0) is 19.8. The number of fused-ring (bicyclic) bond motifs is 3. The van der Waals surface area contributed by atoms with Gasteiger partial charge in [-0.15, -0.1) is 0 Å². The molecule has 5 rings (SSSR count). The average molecular weight is 381 g/mol. The van der Waals surface area contributed by atoms with Crippen molar-refractivity contribution >= 4 is 28.3 Å². The summed E-state index contributed by atoms with van der Waals surface area (Å²) in [6.45, 7) is 0. The minimum atomic E-state index is -0.485. The highest BCUT2D eigenvalue weighted by atomic mass is 16.2. The Morgan fingerprint density at radius 2 is 1.72 bits per heavy atom. The molecule has 0 fully saturated rings. The van der Waals surface area contributed by atoms with E-state index in [9.17, 15) is 9.59 Å². The first-order valence-electron chi connectivity index (χ1n) is 9.02. The lowest BCUT2D eigenvalue weighted by molar-refractivity contribution is 0.102. The lowest BCUT2D eigenvalue weighted by Crippen LogP contribution is -2.22. The van der Waals surface area contributed by atoms with Gasteiger partial charge in [0.15, 0.2) is 5.65 Å². The number of H-pyrrole nitrogens is 1. The molecule has 140 valence electrons. The Hall–Kier alpha value is -4.26. The summed E-state index contributed by atoms with van der Waals surface area (Å²) >= 11 is 0. The number of amides is 1. The number of hydrogen-bond donors (Lipinski definition) is 2. The fourth-order valence-electron chi connectivity index (χ4n) is 3.27. The molecular weight excluding hydrogens is 366 g/mol. The molecule has 0 radical (unpaired) electrons. The summed E-state index contributed by atoms with van der Waals surface area (Å²) in [7, 11) is 0. The minimum absolute atomic E-state index is 0.0120. The second-order valence-electron chi connectivity index (χ2n) is 6.55. The van der Waals surface area contributed by atoms with Crippen LogP contribution in [0.3, 0.4) is 0 Å². The average Bonchev–Trinajstić information content (AvgIpc) is 3.24. The second-order valence-corrected chi connectivity index (χ2v) is 6.55. The summed E-state index contributed by atoms with van der Waals surface area (Å²) in [5.74, 6) is -0.485. The number of pyridine rings is 1. The smallest absolute Gasteiger partial charge is 0.261 e. The second kappa shape index (κ2) is 6.72. The first-order valence-corrected chi connectivity index (χ1v) is 9.02. The molecule has 0 saturated carbocycles. The van der Waals surface area contributed by atoms with Crippen molar-refractivity contribution in [2.24, 2.45) is 0 Å². The Bertz CT molecular complexity index is 1400. The van der Waals surface area contributed by atoms with E-state index in [-0.39, 0.29) is 5.56 Å². The summed E-state index contributed by atoms with van der Waals surface area (Å²) < 4.78 is 1.53. The molecule has 0 aliphatic carbocycles. The third-order valence-corrected chi connectivity index (χ3v) is 4.75. The van der Waals surface area contributed by atoms with Crippen LogP contribution in [0.4, 0.5) is 5.69 Å². The van der Waals surface area contributed by atoms with Crippen molar-refractivity contribution in [3.8, 4) is 11.1 Å². The van der Waals surface area contributed by atoms with Crippen LogP contribution in [-0.2, 0) is 0 Å². The molecule has 29 heavy (non-hydrogen) atoms. The number of nitrogens with zero attached hydrogens (tertiary/aromatic N) is 3. The normalized spacial score (nSPS) is 11.0. The van der Waals surface area contributed by atoms with Gasteiger partial charge in [0.25, 0.3) is 5.91 Å². The van der Waals surface area contributed by atoms with E-state index in [4.69, 9.17) is 0 Å². The summed E-state index contributed by atoms with van der Waals surface area (Å²) in [6.07, 6.45) is 4.45. The van der Waals surface area contributed by atoms with Crippen molar-refractivity contribution in [3.05, 3.63) is 95.0 Å². The van der Waals surface area contributed by atoms with Gasteiger partial charge in [0.05, 0.1) is 11.6 Å². The number of hydrogen-bond acceptors (Lipinski definition) is 4. The van der Waals surface area contributed by atoms with Gasteiger partial charge in [-0.3, -0.25) is 9.59 Å². The lowest BCUT2D eigenvalue weighted by Gasteiger charge is -2.08. The van der Waals surface area contributed by atoms with Gasteiger partial charge in [0.1, 0.15) is 11.2 Å². The third kappa shape index (κ3) is 2.94. The summed E-state index contributed by atoms with van der Waals surface area (Å²) in [5.41, 5.74) is 3.46. The van der Waals surface area contributed by atoms with Crippen molar-refractivity contribution in [1.82, 2.24) is 19.6 Å². The zero-order valence-corrected chi connectivity index (χ0v) is 15.2. The largest absolute Gasteiger partial charge is 0.345 e. The van der Waals surface area contributed by atoms with Gasteiger partial charge in [0, 0.05) is 24.1 Å². The fourth-order valence-corrected chi connectivity index (χ4v) is 3.27. The maximum absolute atomic E-state index is 12.8. The number of aromatic nitrogens is 4. The zero-order valence-electron chi connectivity index (χ0n) is 15.2. The van der Waals surface area contributed by atoms with E-state index in [1.54, 1.807) is 12.3 Å². The van der Waals surface area contributed by atoms with E-state index in [0.717, 1.165) is 11.1 Å². The van der Waals surface area contributed by atoms with Crippen molar-refractivity contribution in [3.63, 3.8) is 0 Å². The van der Waals surface area contributed by atoms with Crippen LogP contribution in [0.15, 0.2) is 84.0 Å². The van der Waals surface area contributed by atoms with Gasteiger partial charge in [0.2, 0.25) is 5.43 Å². The van der Waals surface area contributed by atoms with Gasteiger partial charge in [-0.1, -0.05) is 42.5 Å². The van der Waals surface area contributed by atoms with Crippen molar-refractivity contribution in [1.29, 1.82) is 0 Å². The van der Waals surface area contributed by atoms with Crippen molar-refractivity contribution in [2.45, 2.75) is 0 Å². The maximum Gasteiger partial charge on any atom is 0.261 e. The first kappa shape index (κ1) is 16.9. The molecule has 0 aliphatic rings. The molecule has 0 aliphatic heterocycles. The third-order valence-electron chi connectivity index (χ3n) is 4.75. The van der Waals surface area contributed by atoms with E-state index in [1.807, 2.05) is 54.6 Å². The lowest BCUT2D eigenvalue weighted by atomic mass is 10.1. The van der Waals surface area contributed by atoms with E-state index in [2.05, 4.69) is 20.4 Å². The molecule has 1 amide bonds. The number of benzene rings is 2. The molecule has 5 aromatic rings. The number of rotatable bonds is 3. The van der Waals surface area contributed by atoms with E-state index in [0.29, 0.717) is 22.4 Å². The number of aromatic amines is 1. The van der Waals surface area contributed by atoms with Crippen LogP contribution in [0.1, 0.15) is 10.4 Å². The summed E-state index contributed by atoms with van der Waals surface area (Å²) in [5, 5.41) is 7.22. The molecule has 2 aromatic carbocycles. The highest BCUT2D eigenvalue weighted by molar-refractivity contribution is 6.05. The molecule has 0 atom stereocenters. The minimum Gasteiger partial charge on any atom is -0.345 e. The van der Waals surface area contributed by atoms with Crippen molar-refractivity contribution < 1.29 is 4.79 Å². The van der Waals surface area contributed by atoms with Gasteiger partial charge >= 0.3 is 0 Å². The maximum atomic E-state index is 12.8. The van der Waals surface area contributed by atoms with Crippen LogP contribution in [0.25, 0.3) is 27.8 Å². The Morgan fingerprint density at radius 3 is 2.52 bits per heavy atom. The SMILES string of the molecule is O=C(Nc1ccc(-c2ccccc2)cc1)c1c[nH]c2c(cnc3ccnn32)c1=O. The Balaban J connectivity index is 1.45. The van der Waals surface area contributed by atoms with E-state index < -0.39 is 11.3 Å². The predicted molar refractivity (Wildman–Crippen MR) is 111 cm³/mol. The number of anilines is 1. The molecule has 3 heterocycles. The van der Waals surface area contributed by atoms with Gasteiger partial charge in [-0.25, -0.2) is 4.98 Å². The Kier molecular flexibility index (Phi) is 3.91. The molecule has 3 aromatic heterocycles. The molecule has 0 bridgehead atoms. The van der Waals surface area contributed by atoms with Crippen LogP contribution in [0.2, 0.25) is 0 Å². The van der Waals surface area contributed by atoms with Crippen molar-refractivity contribution in [2.75, 3.05) is 5.32 Å². The topological polar surface area (TPSA) is 92.2 Å². The highest BCUT2D eigenvalue weighted by Crippen LogP contribution is 2.21. The van der Waals surface area contributed by atoms with Gasteiger partial charge in [-0.05, 0) is 23.3 Å². The molecule has 7 heteroatoms. The first-order chi connectivity index (χ1) is 14.2. The number of nitrogens with one attached hydrogen (secondary N) is 2. The van der Waals surface area contributed by atoms with Gasteiger partial charge < -0.3 is 10.3 Å². The van der Waals surface area contributed by atoms with E-state index >= 15 is 0 Å². The molecule has 2 N–H and O–H groups in total. The van der Waals surface area contributed by atoms with E-state index in [1.165, 1.54) is 16.9 Å². The monoisotopic (exact) mass is 381 g/mol. The highest BCUT2D eigenvalue weighted by Gasteiger charge is 2.15. The van der Waals surface area contributed by atoms with Crippen LogP contribution < -0.4 is 10.7 Å². The molecule has 0 spiro atoms. The quantitative estimate of drug-likeness (QED) is 0.500. The molecule has 0 unspecified atom stereocenters. The molecule has 0 saturated heterocycles. The predicted octanol–water partition coefficient (Wildman–Crippen LogP) is 3.49. The number of carbonyl (C=O) groups excluding carboxylic acids is 1. The Labute approximate surface area is 164 Å². The number of carbonyl (C=O) groups is 1. The summed E-state index contributed by atoms with van der Waals surface area (Å²) in [6, 6.07) is 19.2. The van der Waals surface area contributed by atoms with Crippen LogP contribution >= 0.6 is 0 Å². The van der Waals surface area contributed by atoms with Gasteiger partial charge in [-0.2, -0.15) is 9.61 Å². The Morgan fingerprint density at radius 1 is 0.966 bits per heavy atom. The summed E-state index contributed by atoms with van der Waals surface area (Å²) in [4.78, 5) is 32.7. The van der Waals surface area contributed by atoms with Crippen LogP contribution in [0, 0.1) is 0 Å².